The molecule has 30 heavy (non-hydrogen) atoms. The fraction of sp³-hybridized carbons (Fsp3) is 0.636. The molecule has 3 amide bonds. The maximum atomic E-state index is 13.3. The van der Waals surface area contributed by atoms with Crippen molar-refractivity contribution in [1.82, 2.24) is 15.1 Å². The zero-order chi connectivity index (χ0) is 21.9. The van der Waals surface area contributed by atoms with Gasteiger partial charge in [-0.1, -0.05) is 19.1 Å². The van der Waals surface area contributed by atoms with E-state index in [4.69, 9.17) is 4.74 Å². The number of hydrogen-bond donors (Lipinski definition) is 2. The third-order valence-electron chi connectivity index (χ3n) is 5.64. The predicted molar refractivity (Wildman–Crippen MR) is 112 cm³/mol. The molecule has 8 heteroatoms. The zero-order valence-electron chi connectivity index (χ0n) is 18.0. The van der Waals surface area contributed by atoms with Gasteiger partial charge in [-0.3, -0.25) is 4.79 Å². The minimum atomic E-state index is -0.267. The standard InChI is InChI=1S/C22H34FN3O4/c1-3-11-26(16-30-15-21(28)24-2)22(29)25-12-8-18(9-13-25)20(10-14-27)17-4-6-19(23)7-5-17/h4-7,18,20,27H,3,8-16H2,1-2H3,(H,24,28). The fourth-order valence-electron chi connectivity index (χ4n) is 4.02. The molecule has 0 radical (unpaired) electrons. The number of nitrogens with zero attached hydrogens (tertiary/aromatic N) is 2. The van der Waals surface area contributed by atoms with Crippen LogP contribution in [-0.4, -0.2) is 73.5 Å². The first-order chi connectivity index (χ1) is 14.5. The number of carbonyl (C=O) groups is 2. The summed E-state index contributed by atoms with van der Waals surface area (Å²) in [5.41, 5.74) is 1.03. The first kappa shape index (κ1) is 24.1. The number of amides is 3. The van der Waals surface area contributed by atoms with Crippen molar-refractivity contribution in [2.45, 2.75) is 38.5 Å². The number of aliphatic hydroxyl groups excluding tert-OH is 1. The van der Waals surface area contributed by atoms with Gasteiger partial charge in [0.25, 0.3) is 0 Å². The zero-order valence-corrected chi connectivity index (χ0v) is 18.0. The van der Waals surface area contributed by atoms with E-state index in [1.807, 2.05) is 11.8 Å². The van der Waals surface area contributed by atoms with Gasteiger partial charge in [0.1, 0.15) is 19.2 Å². The maximum Gasteiger partial charge on any atom is 0.321 e. The molecule has 2 rings (SSSR count). The van der Waals surface area contributed by atoms with Crippen molar-refractivity contribution >= 4 is 11.9 Å². The summed E-state index contributed by atoms with van der Waals surface area (Å²) in [6.45, 7) is 3.90. The Labute approximate surface area is 178 Å². The lowest BCUT2D eigenvalue weighted by Crippen LogP contribution is -2.48. The minimum absolute atomic E-state index is 0.0762. The van der Waals surface area contributed by atoms with Crippen molar-refractivity contribution < 1.29 is 23.8 Å². The molecule has 1 aromatic carbocycles. The van der Waals surface area contributed by atoms with Crippen molar-refractivity contribution in [1.29, 1.82) is 0 Å². The normalized spacial score (nSPS) is 15.7. The van der Waals surface area contributed by atoms with Gasteiger partial charge in [0, 0.05) is 33.3 Å². The third-order valence-corrected chi connectivity index (χ3v) is 5.64. The molecule has 0 bridgehead atoms. The Morgan fingerprint density at radius 2 is 1.97 bits per heavy atom. The van der Waals surface area contributed by atoms with Crippen LogP contribution in [0, 0.1) is 11.7 Å². The van der Waals surface area contributed by atoms with Gasteiger partial charge in [0.05, 0.1) is 0 Å². The first-order valence-electron chi connectivity index (χ1n) is 10.7. The highest BCUT2D eigenvalue weighted by Crippen LogP contribution is 2.35. The van der Waals surface area contributed by atoms with E-state index in [-0.39, 0.29) is 43.6 Å². The highest BCUT2D eigenvalue weighted by atomic mass is 19.1. The van der Waals surface area contributed by atoms with E-state index < -0.39 is 0 Å². The summed E-state index contributed by atoms with van der Waals surface area (Å²) in [6, 6.07) is 6.42. The molecule has 1 aliphatic rings. The number of nitrogens with one attached hydrogen (secondary N) is 1. The van der Waals surface area contributed by atoms with Crippen LogP contribution in [-0.2, 0) is 9.53 Å². The van der Waals surface area contributed by atoms with E-state index in [1.165, 1.54) is 12.1 Å². The number of aliphatic hydroxyl groups is 1. The van der Waals surface area contributed by atoms with E-state index in [0.717, 1.165) is 24.8 Å². The second-order valence-electron chi connectivity index (χ2n) is 7.69. The summed E-state index contributed by atoms with van der Waals surface area (Å²) in [6.07, 6.45) is 3.08. The van der Waals surface area contributed by atoms with Crippen LogP contribution in [0.15, 0.2) is 24.3 Å². The molecule has 0 aromatic heterocycles. The van der Waals surface area contributed by atoms with Crippen LogP contribution in [0.25, 0.3) is 0 Å². The van der Waals surface area contributed by atoms with Gasteiger partial charge in [0.2, 0.25) is 5.91 Å². The molecular formula is C22H34FN3O4. The molecule has 7 nitrogen and oxygen atoms in total. The number of urea groups is 1. The predicted octanol–water partition coefficient (Wildman–Crippen LogP) is 2.56. The molecule has 1 atom stereocenters. The average molecular weight is 424 g/mol. The summed E-state index contributed by atoms with van der Waals surface area (Å²) in [7, 11) is 1.54. The molecular weight excluding hydrogens is 389 g/mol. The fourth-order valence-corrected chi connectivity index (χ4v) is 4.02. The molecule has 0 aliphatic carbocycles. The van der Waals surface area contributed by atoms with Crippen LogP contribution in [0.4, 0.5) is 9.18 Å². The molecule has 0 saturated carbocycles. The largest absolute Gasteiger partial charge is 0.396 e. The molecule has 1 aliphatic heterocycles. The minimum Gasteiger partial charge on any atom is -0.396 e. The van der Waals surface area contributed by atoms with Crippen LogP contribution in [0.2, 0.25) is 0 Å². The summed E-state index contributed by atoms with van der Waals surface area (Å²) in [5, 5.41) is 12.0. The Kier molecular flexibility index (Phi) is 10.0. The topological polar surface area (TPSA) is 82.1 Å². The quantitative estimate of drug-likeness (QED) is 0.567. The molecule has 1 saturated heterocycles. The highest BCUT2D eigenvalue weighted by molar-refractivity contribution is 5.77. The number of rotatable bonds is 10. The van der Waals surface area contributed by atoms with Crippen LogP contribution >= 0.6 is 0 Å². The van der Waals surface area contributed by atoms with E-state index in [1.54, 1.807) is 24.1 Å². The smallest absolute Gasteiger partial charge is 0.321 e. The Hall–Kier alpha value is -2.19. The maximum absolute atomic E-state index is 13.3. The Morgan fingerprint density at radius 3 is 2.53 bits per heavy atom. The van der Waals surface area contributed by atoms with Crippen LogP contribution in [0.1, 0.15) is 44.1 Å². The Bertz CT molecular complexity index is 663. The molecule has 1 fully saturated rings. The summed E-state index contributed by atoms with van der Waals surface area (Å²) >= 11 is 0. The Morgan fingerprint density at radius 1 is 1.30 bits per heavy atom. The van der Waals surface area contributed by atoms with Crippen LogP contribution in [0.3, 0.4) is 0 Å². The SMILES string of the molecule is CCCN(COCC(=O)NC)C(=O)N1CCC(C(CCO)c2ccc(F)cc2)CC1. The summed E-state index contributed by atoms with van der Waals surface area (Å²) in [4.78, 5) is 27.7. The van der Waals surface area contributed by atoms with Gasteiger partial charge in [-0.15, -0.1) is 0 Å². The number of likely N-dealkylation sites (tertiary alicyclic amines) is 1. The molecule has 1 aromatic rings. The second-order valence-corrected chi connectivity index (χ2v) is 7.69. The molecule has 168 valence electrons. The summed E-state index contributed by atoms with van der Waals surface area (Å²) < 4.78 is 18.7. The van der Waals surface area contributed by atoms with Crippen LogP contribution < -0.4 is 5.32 Å². The molecule has 1 unspecified atom stereocenters. The first-order valence-corrected chi connectivity index (χ1v) is 10.7. The van der Waals surface area contributed by atoms with Gasteiger partial charge >= 0.3 is 6.03 Å². The number of likely N-dealkylation sites (N-methyl/N-ethyl adjacent to an activating group) is 1. The van der Waals surface area contributed by atoms with Gasteiger partial charge in [0.15, 0.2) is 0 Å². The molecule has 1 heterocycles. The monoisotopic (exact) mass is 423 g/mol. The lowest BCUT2D eigenvalue weighted by atomic mass is 9.78. The van der Waals surface area contributed by atoms with Crippen molar-refractivity contribution in [2.75, 3.05) is 46.6 Å². The number of ether oxygens (including phenoxy) is 1. The van der Waals surface area contributed by atoms with E-state index >= 15 is 0 Å². The van der Waals surface area contributed by atoms with Crippen molar-refractivity contribution in [3.05, 3.63) is 35.6 Å². The molecule has 2 N–H and O–H groups in total. The van der Waals surface area contributed by atoms with Crippen molar-refractivity contribution in [2.24, 2.45) is 5.92 Å². The van der Waals surface area contributed by atoms with Gasteiger partial charge in [-0.25, -0.2) is 9.18 Å². The van der Waals surface area contributed by atoms with E-state index in [0.29, 0.717) is 32.0 Å². The lowest BCUT2D eigenvalue weighted by molar-refractivity contribution is -0.126. The molecule has 0 spiro atoms. The van der Waals surface area contributed by atoms with Crippen molar-refractivity contribution in [3.8, 4) is 0 Å². The van der Waals surface area contributed by atoms with Gasteiger partial charge < -0.3 is 25.0 Å². The number of piperidine rings is 1. The van der Waals surface area contributed by atoms with E-state index in [9.17, 15) is 19.1 Å². The van der Waals surface area contributed by atoms with Crippen LogP contribution in [0.5, 0.6) is 0 Å². The third kappa shape index (κ3) is 6.95. The number of hydrogen-bond acceptors (Lipinski definition) is 4. The van der Waals surface area contributed by atoms with Crippen molar-refractivity contribution in [3.63, 3.8) is 0 Å². The highest BCUT2D eigenvalue weighted by Gasteiger charge is 2.31. The second kappa shape index (κ2) is 12.5. The van der Waals surface area contributed by atoms with E-state index in [2.05, 4.69) is 5.32 Å². The average Bonchev–Trinajstić information content (AvgIpc) is 2.77. The van der Waals surface area contributed by atoms with Gasteiger partial charge in [-0.2, -0.15) is 0 Å². The lowest BCUT2D eigenvalue weighted by Gasteiger charge is -2.38. The summed E-state index contributed by atoms with van der Waals surface area (Å²) in [5.74, 6) is -0.0155. The number of halogens is 1. The van der Waals surface area contributed by atoms with Gasteiger partial charge in [-0.05, 0) is 55.2 Å². The Balaban J connectivity index is 1.93. The number of carbonyl (C=O) groups excluding carboxylic acids is 2. The number of benzene rings is 1.